The normalized spacial score (nSPS) is 11.5. The summed E-state index contributed by atoms with van der Waals surface area (Å²) in [5.74, 6) is 0.819. The van der Waals surface area contributed by atoms with Crippen LogP contribution in [0.15, 0.2) is 243 Å². The fourth-order valence-corrected chi connectivity index (χ4v) is 10.2. The van der Waals surface area contributed by atoms with E-state index in [2.05, 4.69) is 270 Å². The van der Waals surface area contributed by atoms with E-state index in [1.807, 2.05) is 6.20 Å². The number of hydrogen-bond donors (Lipinski definition) is 0. The summed E-state index contributed by atoms with van der Waals surface area (Å²) in [6.07, 6.45) is 4.10. The molecule has 0 N–H and O–H groups in total. The van der Waals surface area contributed by atoms with Gasteiger partial charge in [0.15, 0.2) is 17.4 Å². The first-order valence-corrected chi connectivity index (χ1v) is 22.4. The number of para-hydroxylation sites is 3. The molecule has 12 aromatic rings. The van der Waals surface area contributed by atoms with Gasteiger partial charge in [-0.15, -0.1) is 22.6 Å². The predicted octanol–water partition coefficient (Wildman–Crippen LogP) is 14.7. The Labute approximate surface area is 405 Å². The Morgan fingerprint density at radius 3 is 1.67 bits per heavy atom. The molecular formula is C62H43N4Pt-. The third kappa shape index (κ3) is 7.04. The van der Waals surface area contributed by atoms with Crippen molar-refractivity contribution in [2.75, 3.05) is 0 Å². The molecule has 0 saturated heterocycles. The van der Waals surface area contributed by atoms with Crippen LogP contribution in [0.4, 0.5) is 0 Å². The first-order valence-electron chi connectivity index (χ1n) is 22.4. The second-order valence-corrected chi connectivity index (χ2v) is 16.9. The van der Waals surface area contributed by atoms with Gasteiger partial charge >= 0.3 is 0 Å². The van der Waals surface area contributed by atoms with E-state index in [1.54, 1.807) is 0 Å². The monoisotopic (exact) mass is 1040 g/mol. The molecule has 4 nitrogen and oxygen atoms in total. The first kappa shape index (κ1) is 41.8. The van der Waals surface area contributed by atoms with Crippen LogP contribution in [0, 0.1) is 12.1 Å². The fraction of sp³-hybridized carbons (Fsp3) is 0.0323. The van der Waals surface area contributed by atoms with Gasteiger partial charge in [-0.25, -0.2) is 14.1 Å². The summed E-state index contributed by atoms with van der Waals surface area (Å²) in [6, 6.07) is 90.5. The van der Waals surface area contributed by atoms with E-state index in [-0.39, 0.29) is 21.1 Å². The molecule has 0 fully saturated rings. The molecule has 0 unspecified atom stereocenters. The number of hydrogen-bond acceptors (Lipinski definition) is 1. The second-order valence-electron chi connectivity index (χ2n) is 16.9. The van der Waals surface area contributed by atoms with Crippen molar-refractivity contribution in [2.24, 2.45) is 7.05 Å². The number of imidazole rings is 1. The van der Waals surface area contributed by atoms with Crippen LogP contribution in [0.3, 0.4) is 0 Å². The molecule has 0 spiro atoms. The molecule has 67 heavy (non-hydrogen) atoms. The number of nitrogens with zero attached hydrogens (tertiary/aromatic N) is 4. The van der Waals surface area contributed by atoms with Crippen LogP contribution < -0.4 is 0 Å². The zero-order valence-corrected chi connectivity index (χ0v) is 39.0. The van der Waals surface area contributed by atoms with Gasteiger partial charge in [0.25, 0.3) is 0 Å². The van der Waals surface area contributed by atoms with Gasteiger partial charge in [0.05, 0.1) is 0 Å². The minimum absolute atomic E-state index is 0. The summed E-state index contributed by atoms with van der Waals surface area (Å²) >= 11 is 0. The van der Waals surface area contributed by atoms with Gasteiger partial charge in [-0.1, -0.05) is 169 Å². The largest absolute Gasteiger partial charge is 0.319 e. The molecule has 0 saturated carbocycles. The van der Waals surface area contributed by atoms with Crippen LogP contribution in [0.5, 0.6) is 0 Å². The standard InChI is InChI=1S/C62H43N4.Pt/c1-64-43-65(58-35-17-16-34-57(58)64)51-29-18-28-49(41-51)62(47-24-10-4-11-25-47,48-26-12-5-13-27-48)50-36-37-55-54-30-14-15-33-56(54)66(59(55)42-50)60-40-46(38-39-63-60)61-52(44-20-6-2-7-21-44)31-19-32-53(61)45-22-8-3-9-23-45;/h2-40,43H,1H3;/q-1;. The first-order chi connectivity index (χ1) is 32.7. The van der Waals surface area contributed by atoms with Gasteiger partial charge in [-0.2, -0.15) is 30.3 Å². The Morgan fingerprint density at radius 2 is 1.01 bits per heavy atom. The maximum absolute atomic E-state index is 5.18. The topological polar surface area (TPSA) is 27.7 Å². The third-order valence-corrected chi connectivity index (χ3v) is 13.2. The average molecular weight is 1040 g/mol. The van der Waals surface area contributed by atoms with E-state index in [9.17, 15) is 0 Å². The third-order valence-electron chi connectivity index (χ3n) is 13.2. The molecule has 0 bridgehead atoms. The van der Waals surface area contributed by atoms with E-state index in [0.717, 1.165) is 88.9 Å². The van der Waals surface area contributed by atoms with Gasteiger partial charge in [-0.3, -0.25) is 0 Å². The van der Waals surface area contributed by atoms with Gasteiger partial charge in [0, 0.05) is 63.1 Å². The maximum Gasteiger partial charge on any atom is 0.188 e. The van der Waals surface area contributed by atoms with Crippen LogP contribution >= 0.6 is 0 Å². The van der Waals surface area contributed by atoms with Crippen molar-refractivity contribution in [2.45, 2.75) is 5.41 Å². The van der Waals surface area contributed by atoms with Gasteiger partial charge in [0.2, 0.25) is 0 Å². The summed E-state index contributed by atoms with van der Waals surface area (Å²) in [6.45, 7) is 0. The zero-order valence-electron chi connectivity index (χ0n) is 36.7. The van der Waals surface area contributed by atoms with E-state index < -0.39 is 5.41 Å². The number of rotatable bonds is 9. The summed E-state index contributed by atoms with van der Waals surface area (Å²) in [7, 11) is 2.10. The Balaban J connectivity index is 0.00000494. The smallest absolute Gasteiger partial charge is 0.188 e. The van der Waals surface area contributed by atoms with Crippen LogP contribution in [-0.2, 0) is 33.5 Å². The van der Waals surface area contributed by atoms with Crippen LogP contribution in [-0.4, -0.2) is 18.7 Å². The number of benzene rings is 9. The maximum atomic E-state index is 5.18. The Kier molecular flexibility index (Phi) is 10.9. The van der Waals surface area contributed by atoms with Gasteiger partial charge in [-0.05, 0) is 80.2 Å². The Hall–Kier alpha value is -7.91. The SMILES string of the molecule is Cn1[cH+]n(-c2[c-]c(C(c3[c-]c4c(cc3)c3ccccc3n4-c3cc(-c4c(-c5ccccc5)cccc4-c4ccccc4)ccn3)(c3ccccc3)c3ccccc3)ccc2)c2ccccc21.[Pt]. The number of aryl methyl sites for hydroxylation is 1. The molecule has 0 amide bonds. The van der Waals surface area contributed by atoms with E-state index in [4.69, 9.17) is 4.98 Å². The minimum atomic E-state index is -0.812. The van der Waals surface area contributed by atoms with Crippen LogP contribution in [0.25, 0.3) is 77.7 Å². The predicted molar refractivity (Wildman–Crippen MR) is 271 cm³/mol. The van der Waals surface area contributed by atoms with Gasteiger partial charge < -0.3 is 4.57 Å². The van der Waals surface area contributed by atoms with Gasteiger partial charge in [0.1, 0.15) is 5.82 Å². The van der Waals surface area contributed by atoms with Crippen molar-refractivity contribution in [1.82, 2.24) is 18.7 Å². The molecule has 5 heteroatoms. The Bertz CT molecular complexity index is 3610. The molecule has 322 valence electrons. The number of pyridine rings is 1. The molecule has 0 radical (unpaired) electrons. The van der Waals surface area contributed by atoms with E-state index in [1.165, 1.54) is 11.1 Å². The number of fused-ring (bicyclic) bond motifs is 4. The summed E-state index contributed by atoms with van der Waals surface area (Å²) in [5, 5.41) is 2.25. The molecule has 0 aliphatic carbocycles. The molecular weight excluding hydrogens is 996 g/mol. The van der Waals surface area contributed by atoms with Crippen LogP contribution in [0.2, 0.25) is 0 Å². The van der Waals surface area contributed by atoms with Crippen molar-refractivity contribution in [3.05, 3.63) is 277 Å². The van der Waals surface area contributed by atoms with E-state index in [0.29, 0.717) is 0 Å². The molecule has 0 aliphatic heterocycles. The van der Waals surface area contributed by atoms with E-state index >= 15 is 0 Å². The molecule has 9 aromatic carbocycles. The second kappa shape index (κ2) is 17.5. The molecule has 0 aliphatic rings. The average Bonchev–Trinajstić information content (AvgIpc) is 3.92. The van der Waals surface area contributed by atoms with Crippen molar-refractivity contribution in [3.8, 4) is 44.9 Å². The van der Waals surface area contributed by atoms with Crippen LogP contribution in [0.1, 0.15) is 22.3 Å². The summed E-state index contributed by atoms with van der Waals surface area (Å²) in [4.78, 5) is 5.18. The number of aromatic nitrogens is 4. The molecule has 3 heterocycles. The molecule has 0 atom stereocenters. The minimum Gasteiger partial charge on any atom is -0.319 e. The van der Waals surface area contributed by atoms with Crippen molar-refractivity contribution >= 4 is 32.8 Å². The van der Waals surface area contributed by atoms with Crippen molar-refractivity contribution < 1.29 is 21.1 Å². The summed E-state index contributed by atoms with van der Waals surface area (Å²) in [5.41, 5.74) is 15.6. The zero-order chi connectivity index (χ0) is 44.0. The Morgan fingerprint density at radius 1 is 0.463 bits per heavy atom. The molecule has 12 rings (SSSR count). The fourth-order valence-electron chi connectivity index (χ4n) is 10.2. The van der Waals surface area contributed by atoms with Crippen molar-refractivity contribution in [3.63, 3.8) is 0 Å². The molecule has 3 aromatic heterocycles. The van der Waals surface area contributed by atoms with Crippen molar-refractivity contribution in [1.29, 1.82) is 0 Å². The quantitative estimate of drug-likeness (QED) is 0.105. The summed E-state index contributed by atoms with van der Waals surface area (Å²) < 4.78 is 6.71.